The Morgan fingerprint density at radius 2 is 1.86 bits per heavy atom. The van der Waals surface area contributed by atoms with Gasteiger partial charge in [-0.3, -0.25) is 14.4 Å². The average molecular weight is 484 g/mol. The molecule has 190 valence electrons. The molecule has 8 nitrogen and oxygen atoms in total. The van der Waals surface area contributed by atoms with Gasteiger partial charge < -0.3 is 24.7 Å². The molecule has 3 rings (SSSR count). The van der Waals surface area contributed by atoms with Crippen LogP contribution in [0.1, 0.15) is 73.2 Å². The van der Waals surface area contributed by atoms with E-state index < -0.39 is 11.9 Å². The molecule has 0 saturated heterocycles. The van der Waals surface area contributed by atoms with Crippen molar-refractivity contribution in [2.75, 3.05) is 26.3 Å². The first-order chi connectivity index (χ1) is 17.0. The highest BCUT2D eigenvalue weighted by Crippen LogP contribution is 2.25. The van der Waals surface area contributed by atoms with Crippen molar-refractivity contribution >= 4 is 17.7 Å². The number of benzene rings is 1. The first kappa shape index (κ1) is 26.5. The molecule has 0 spiro atoms. The molecule has 0 bridgehead atoms. The molecule has 1 aliphatic rings. The molecule has 8 heteroatoms. The van der Waals surface area contributed by atoms with Gasteiger partial charge in [0.1, 0.15) is 6.04 Å². The van der Waals surface area contributed by atoms with Crippen molar-refractivity contribution in [3.8, 4) is 0 Å². The SMILES string of the molecule is CCOCCCN(C(=O)CNC(=O)c1ccco1)C(C(=O)NC1CCCCC1)c1ccc(C)cc1. The molecule has 1 saturated carbocycles. The summed E-state index contributed by atoms with van der Waals surface area (Å²) in [5.41, 5.74) is 1.81. The summed E-state index contributed by atoms with van der Waals surface area (Å²) >= 11 is 0. The van der Waals surface area contributed by atoms with E-state index >= 15 is 0 Å². The molecule has 1 heterocycles. The van der Waals surface area contributed by atoms with E-state index in [1.807, 2.05) is 38.1 Å². The molecule has 35 heavy (non-hydrogen) atoms. The molecular formula is C27H37N3O5. The van der Waals surface area contributed by atoms with Crippen LogP contribution in [0.15, 0.2) is 47.1 Å². The summed E-state index contributed by atoms with van der Waals surface area (Å²) in [6.07, 6.45) is 7.25. The fourth-order valence-electron chi connectivity index (χ4n) is 4.38. The van der Waals surface area contributed by atoms with Crippen molar-refractivity contribution in [3.63, 3.8) is 0 Å². The van der Waals surface area contributed by atoms with Crippen molar-refractivity contribution < 1.29 is 23.5 Å². The summed E-state index contributed by atoms with van der Waals surface area (Å²) in [6, 6.07) is 10.1. The van der Waals surface area contributed by atoms with E-state index in [1.54, 1.807) is 11.0 Å². The number of rotatable bonds is 12. The second-order valence-electron chi connectivity index (χ2n) is 8.95. The van der Waals surface area contributed by atoms with E-state index in [0.717, 1.165) is 36.8 Å². The highest BCUT2D eigenvalue weighted by Gasteiger charge is 2.32. The maximum atomic E-state index is 13.6. The lowest BCUT2D eigenvalue weighted by atomic mass is 9.94. The van der Waals surface area contributed by atoms with Crippen LogP contribution in [0, 0.1) is 6.92 Å². The number of ether oxygens (including phenoxy) is 1. The molecule has 1 aromatic heterocycles. The van der Waals surface area contributed by atoms with Gasteiger partial charge in [0, 0.05) is 25.8 Å². The van der Waals surface area contributed by atoms with Gasteiger partial charge in [-0.05, 0) is 50.8 Å². The second-order valence-corrected chi connectivity index (χ2v) is 8.95. The smallest absolute Gasteiger partial charge is 0.287 e. The predicted molar refractivity (Wildman–Crippen MR) is 133 cm³/mol. The molecule has 1 atom stereocenters. The molecule has 2 N–H and O–H groups in total. The summed E-state index contributed by atoms with van der Waals surface area (Å²) in [4.78, 5) is 40.9. The first-order valence-corrected chi connectivity index (χ1v) is 12.6. The van der Waals surface area contributed by atoms with Gasteiger partial charge in [0.05, 0.1) is 12.8 Å². The van der Waals surface area contributed by atoms with Crippen LogP contribution >= 0.6 is 0 Å². The van der Waals surface area contributed by atoms with Crippen LogP contribution in [0.25, 0.3) is 0 Å². The zero-order valence-electron chi connectivity index (χ0n) is 20.8. The molecule has 1 fully saturated rings. The normalized spacial score (nSPS) is 14.8. The van der Waals surface area contributed by atoms with Gasteiger partial charge in [0.15, 0.2) is 5.76 Å². The van der Waals surface area contributed by atoms with E-state index in [-0.39, 0.29) is 30.2 Å². The Kier molecular flexibility index (Phi) is 10.3. The number of carbonyl (C=O) groups excluding carboxylic acids is 3. The zero-order chi connectivity index (χ0) is 25.0. The number of aryl methyl sites for hydroxylation is 1. The lowest BCUT2D eigenvalue weighted by Gasteiger charge is -2.33. The maximum Gasteiger partial charge on any atom is 0.287 e. The van der Waals surface area contributed by atoms with Gasteiger partial charge in [0.25, 0.3) is 5.91 Å². The van der Waals surface area contributed by atoms with E-state index in [1.165, 1.54) is 18.8 Å². The van der Waals surface area contributed by atoms with Gasteiger partial charge in [-0.1, -0.05) is 49.1 Å². The van der Waals surface area contributed by atoms with Crippen LogP contribution in [-0.2, 0) is 14.3 Å². The van der Waals surface area contributed by atoms with Crippen LogP contribution in [0.4, 0.5) is 0 Å². The minimum absolute atomic E-state index is 0.114. The van der Waals surface area contributed by atoms with Crippen molar-refractivity contribution in [3.05, 3.63) is 59.5 Å². The fraction of sp³-hybridized carbons (Fsp3) is 0.519. The molecule has 1 aromatic carbocycles. The highest BCUT2D eigenvalue weighted by molar-refractivity contribution is 5.95. The monoisotopic (exact) mass is 483 g/mol. The number of nitrogens with zero attached hydrogens (tertiary/aromatic N) is 1. The maximum absolute atomic E-state index is 13.6. The molecule has 0 aliphatic heterocycles. The molecule has 0 radical (unpaired) electrons. The minimum Gasteiger partial charge on any atom is -0.459 e. The van der Waals surface area contributed by atoms with Crippen molar-refractivity contribution in [2.24, 2.45) is 0 Å². The van der Waals surface area contributed by atoms with Gasteiger partial charge in [0.2, 0.25) is 11.8 Å². The fourth-order valence-corrected chi connectivity index (χ4v) is 4.38. The van der Waals surface area contributed by atoms with Crippen molar-refractivity contribution in [1.29, 1.82) is 0 Å². The van der Waals surface area contributed by atoms with Crippen molar-refractivity contribution in [1.82, 2.24) is 15.5 Å². The number of nitrogens with one attached hydrogen (secondary N) is 2. The Hall–Kier alpha value is -3.13. The van der Waals surface area contributed by atoms with Gasteiger partial charge in [-0.15, -0.1) is 0 Å². The highest BCUT2D eigenvalue weighted by atomic mass is 16.5. The summed E-state index contributed by atoms with van der Waals surface area (Å²) in [5, 5.41) is 5.81. The molecule has 1 unspecified atom stereocenters. The minimum atomic E-state index is -0.799. The largest absolute Gasteiger partial charge is 0.459 e. The first-order valence-electron chi connectivity index (χ1n) is 12.6. The average Bonchev–Trinajstić information content (AvgIpc) is 3.41. The number of furan rings is 1. The summed E-state index contributed by atoms with van der Waals surface area (Å²) in [7, 11) is 0. The Labute approximate surface area is 207 Å². The standard InChI is InChI=1S/C27H37N3O5/c1-3-34-17-8-16-30(24(31)19-28-26(32)23-11-7-18-35-23)25(21-14-12-20(2)13-15-21)27(33)29-22-9-5-4-6-10-22/h7,11-15,18,22,25H,3-6,8-10,16-17,19H2,1-2H3,(H,28,32)(H,29,33). The van der Waals surface area contributed by atoms with Crippen LogP contribution < -0.4 is 10.6 Å². The number of hydrogen-bond acceptors (Lipinski definition) is 5. The van der Waals surface area contributed by atoms with Crippen LogP contribution in [-0.4, -0.2) is 55.0 Å². The van der Waals surface area contributed by atoms with E-state index in [2.05, 4.69) is 10.6 Å². The molecular weight excluding hydrogens is 446 g/mol. The third-order valence-corrected chi connectivity index (χ3v) is 6.26. The van der Waals surface area contributed by atoms with Crippen LogP contribution in [0.3, 0.4) is 0 Å². The zero-order valence-corrected chi connectivity index (χ0v) is 20.8. The van der Waals surface area contributed by atoms with E-state index in [0.29, 0.717) is 26.2 Å². The van der Waals surface area contributed by atoms with Gasteiger partial charge >= 0.3 is 0 Å². The summed E-state index contributed by atoms with van der Waals surface area (Å²) < 4.78 is 10.6. The van der Waals surface area contributed by atoms with Crippen LogP contribution in [0.5, 0.6) is 0 Å². The van der Waals surface area contributed by atoms with Gasteiger partial charge in [-0.2, -0.15) is 0 Å². The Morgan fingerprint density at radius 1 is 1.11 bits per heavy atom. The van der Waals surface area contributed by atoms with Crippen molar-refractivity contribution in [2.45, 2.75) is 64.5 Å². The third kappa shape index (κ3) is 7.96. The lowest BCUT2D eigenvalue weighted by molar-refractivity contribution is -0.140. The lowest BCUT2D eigenvalue weighted by Crippen LogP contribution is -2.49. The Balaban J connectivity index is 1.81. The Morgan fingerprint density at radius 3 is 2.51 bits per heavy atom. The quantitative estimate of drug-likeness (QED) is 0.448. The second kappa shape index (κ2) is 13.7. The molecule has 3 amide bonds. The predicted octanol–water partition coefficient (Wildman–Crippen LogP) is 3.76. The summed E-state index contributed by atoms with van der Waals surface area (Å²) in [6.45, 7) is 5.04. The summed E-state index contributed by atoms with van der Waals surface area (Å²) in [5.74, 6) is -0.879. The third-order valence-electron chi connectivity index (χ3n) is 6.26. The van der Waals surface area contributed by atoms with Crippen LogP contribution in [0.2, 0.25) is 0 Å². The van der Waals surface area contributed by atoms with E-state index in [9.17, 15) is 14.4 Å². The van der Waals surface area contributed by atoms with Gasteiger partial charge in [-0.25, -0.2) is 0 Å². The number of hydrogen-bond donors (Lipinski definition) is 2. The molecule has 1 aliphatic carbocycles. The van der Waals surface area contributed by atoms with E-state index in [4.69, 9.17) is 9.15 Å². The number of carbonyl (C=O) groups is 3. The molecule has 2 aromatic rings. The topological polar surface area (TPSA) is 101 Å². The Bertz CT molecular complexity index is 936. The number of amides is 3.